The number of piperidine rings is 1. The second-order valence-electron chi connectivity index (χ2n) is 6.92. The number of ether oxygens (including phenoxy) is 1. The molecule has 26 heavy (non-hydrogen) atoms. The standard InChI is InChI=1S/C19H27N3O4/c1-12(2)16(21-19(20)25)18(24)22-10-8-14(9-11-22)17(23)13-4-6-15(26-3)7-5-13/h4-7,12,14,16H,8-11H2,1-3H3,(H3,20,21,25)/t16-/m1/s1. The van der Waals surface area contributed by atoms with Gasteiger partial charge in [-0.05, 0) is 43.0 Å². The molecule has 7 heteroatoms. The third-order valence-electron chi connectivity index (χ3n) is 4.78. The van der Waals surface area contributed by atoms with E-state index in [9.17, 15) is 14.4 Å². The SMILES string of the molecule is COc1ccc(C(=O)C2CCN(C(=O)[C@H](NC(N)=O)C(C)C)CC2)cc1. The summed E-state index contributed by atoms with van der Waals surface area (Å²) in [5.74, 6) is 0.496. The molecule has 1 heterocycles. The van der Waals surface area contributed by atoms with Crippen molar-refractivity contribution in [3.05, 3.63) is 29.8 Å². The number of ketones is 1. The minimum Gasteiger partial charge on any atom is -0.497 e. The second kappa shape index (κ2) is 8.69. The number of hydrogen-bond donors (Lipinski definition) is 2. The van der Waals surface area contributed by atoms with Crippen LogP contribution in [0.4, 0.5) is 4.79 Å². The largest absolute Gasteiger partial charge is 0.497 e. The van der Waals surface area contributed by atoms with Crippen molar-refractivity contribution in [3.8, 4) is 5.75 Å². The first-order valence-electron chi connectivity index (χ1n) is 8.86. The normalized spacial score (nSPS) is 16.2. The lowest BCUT2D eigenvalue weighted by atomic mass is 9.88. The number of primary amides is 1. The number of urea groups is 1. The Balaban J connectivity index is 1.95. The Morgan fingerprint density at radius 2 is 1.73 bits per heavy atom. The lowest BCUT2D eigenvalue weighted by molar-refractivity contribution is -0.135. The predicted molar refractivity (Wildman–Crippen MR) is 98.0 cm³/mol. The highest BCUT2D eigenvalue weighted by molar-refractivity contribution is 5.98. The van der Waals surface area contributed by atoms with Gasteiger partial charge < -0.3 is 20.7 Å². The predicted octanol–water partition coefficient (Wildman–Crippen LogP) is 1.81. The number of rotatable bonds is 6. The summed E-state index contributed by atoms with van der Waals surface area (Å²) in [6.07, 6.45) is 1.22. The van der Waals surface area contributed by atoms with Gasteiger partial charge in [-0.1, -0.05) is 13.8 Å². The van der Waals surface area contributed by atoms with Gasteiger partial charge in [-0.2, -0.15) is 0 Å². The Hall–Kier alpha value is -2.57. The molecule has 0 bridgehead atoms. The van der Waals surface area contributed by atoms with Crippen LogP contribution in [-0.2, 0) is 4.79 Å². The summed E-state index contributed by atoms with van der Waals surface area (Å²) in [5.41, 5.74) is 5.83. The summed E-state index contributed by atoms with van der Waals surface area (Å²) in [7, 11) is 1.58. The third kappa shape index (κ3) is 4.74. The molecule has 1 fully saturated rings. The average molecular weight is 361 g/mol. The summed E-state index contributed by atoms with van der Waals surface area (Å²) in [4.78, 5) is 38.1. The van der Waals surface area contributed by atoms with Crippen molar-refractivity contribution < 1.29 is 19.1 Å². The van der Waals surface area contributed by atoms with Crippen molar-refractivity contribution >= 4 is 17.7 Å². The fourth-order valence-corrected chi connectivity index (χ4v) is 3.22. The van der Waals surface area contributed by atoms with Crippen molar-refractivity contribution in [2.45, 2.75) is 32.7 Å². The lowest BCUT2D eigenvalue weighted by Crippen LogP contribution is -2.54. The number of nitrogens with two attached hydrogens (primary N) is 1. The average Bonchev–Trinajstić information content (AvgIpc) is 2.65. The maximum atomic E-state index is 12.6. The highest BCUT2D eigenvalue weighted by Gasteiger charge is 2.32. The molecular weight excluding hydrogens is 334 g/mol. The zero-order valence-corrected chi connectivity index (χ0v) is 15.5. The van der Waals surface area contributed by atoms with E-state index in [4.69, 9.17) is 10.5 Å². The molecule has 7 nitrogen and oxygen atoms in total. The molecule has 142 valence electrons. The van der Waals surface area contributed by atoms with Gasteiger partial charge in [-0.25, -0.2) is 4.79 Å². The van der Waals surface area contributed by atoms with Crippen LogP contribution >= 0.6 is 0 Å². The number of carbonyl (C=O) groups is 3. The van der Waals surface area contributed by atoms with Gasteiger partial charge in [0.2, 0.25) is 5.91 Å². The summed E-state index contributed by atoms with van der Waals surface area (Å²) in [5, 5.41) is 2.52. The van der Waals surface area contributed by atoms with Crippen molar-refractivity contribution in [1.82, 2.24) is 10.2 Å². The Labute approximate surface area is 153 Å². The zero-order chi connectivity index (χ0) is 19.3. The quantitative estimate of drug-likeness (QED) is 0.754. The highest BCUT2D eigenvalue weighted by atomic mass is 16.5. The number of Topliss-reactive ketones (excluding diaryl/α,β-unsaturated/α-hetero) is 1. The molecule has 0 aliphatic carbocycles. The number of carbonyl (C=O) groups excluding carboxylic acids is 3. The van der Waals surface area contributed by atoms with Gasteiger partial charge in [0.1, 0.15) is 11.8 Å². The van der Waals surface area contributed by atoms with Crippen LogP contribution in [0.25, 0.3) is 0 Å². The van der Waals surface area contributed by atoms with Gasteiger partial charge in [-0.15, -0.1) is 0 Å². The Kier molecular flexibility index (Phi) is 6.60. The number of nitrogens with one attached hydrogen (secondary N) is 1. The van der Waals surface area contributed by atoms with E-state index < -0.39 is 12.1 Å². The fourth-order valence-electron chi connectivity index (χ4n) is 3.22. The molecule has 1 aliphatic heterocycles. The van der Waals surface area contributed by atoms with E-state index >= 15 is 0 Å². The molecule has 1 atom stereocenters. The maximum Gasteiger partial charge on any atom is 0.312 e. The smallest absolute Gasteiger partial charge is 0.312 e. The summed E-state index contributed by atoms with van der Waals surface area (Å²) < 4.78 is 5.11. The molecule has 1 aromatic carbocycles. The molecule has 0 spiro atoms. The first-order valence-corrected chi connectivity index (χ1v) is 8.86. The van der Waals surface area contributed by atoms with Gasteiger partial charge >= 0.3 is 6.03 Å². The molecule has 1 aliphatic rings. The van der Waals surface area contributed by atoms with Gasteiger partial charge in [0.15, 0.2) is 5.78 Å². The highest BCUT2D eigenvalue weighted by Crippen LogP contribution is 2.24. The number of nitrogens with zero attached hydrogens (tertiary/aromatic N) is 1. The van der Waals surface area contributed by atoms with Crippen LogP contribution in [0.1, 0.15) is 37.0 Å². The van der Waals surface area contributed by atoms with E-state index in [1.807, 2.05) is 13.8 Å². The molecule has 3 amide bonds. The Morgan fingerprint density at radius 1 is 1.15 bits per heavy atom. The van der Waals surface area contributed by atoms with Crippen molar-refractivity contribution in [2.75, 3.05) is 20.2 Å². The number of hydrogen-bond acceptors (Lipinski definition) is 4. The molecule has 0 aromatic heterocycles. The van der Waals surface area contributed by atoms with Crippen molar-refractivity contribution in [1.29, 1.82) is 0 Å². The van der Waals surface area contributed by atoms with Gasteiger partial charge in [0.25, 0.3) is 0 Å². The van der Waals surface area contributed by atoms with E-state index in [2.05, 4.69) is 5.32 Å². The van der Waals surface area contributed by atoms with Gasteiger partial charge in [0.05, 0.1) is 7.11 Å². The summed E-state index contributed by atoms with van der Waals surface area (Å²) in [6, 6.07) is 5.74. The molecule has 1 aromatic rings. The molecule has 1 saturated heterocycles. The Bertz CT molecular complexity index is 649. The van der Waals surface area contributed by atoms with Crippen LogP contribution in [0.15, 0.2) is 24.3 Å². The molecule has 0 radical (unpaired) electrons. The molecule has 3 N–H and O–H groups in total. The van der Waals surface area contributed by atoms with Gasteiger partial charge in [0, 0.05) is 24.6 Å². The Morgan fingerprint density at radius 3 is 2.19 bits per heavy atom. The van der Waals surface area contributed by atoms with Crippen LogP contribution in [0.5, 0.6) is 5.75 Å². The first kappa shape index (κ1) is 19.8. The molecule has 0 saturated carbocycles. The number of amides is 3. The number of likely N-dealkylation sites (tertiary alicyclic amines) is 1. The van der Waals surface area contributed by atoms with Crippen LogP contribution in [-0.4, -0.2) is 48.9 Å². The van der Waals surface area contributed by atoms with E-state index in [0.717, 1.165) is 0 Å². The van der Waals surface area contributed by atoms with Crippen molar-refractivity contribution in [3.63, 3.8) is 0 Å². The van der Waals surface area contributed by atoms with Crippen molar-refractivity contribution in [2.24, 2.45) is 17.6 Å². The van der Waals surface area contributed by atoms with Crippen LogP contribution in [0.2, 0.25) is 0 Å². The second-order valence-corrected chi connectivity index (χ2v) is 6.92. The van der Waals surface area contributed by atoms with E-state index in [0.29, 0.717) is 37.2 Å². The molecule has 0 unspecified atom stereocenters. The first-order chi connectivity index (χ1) is 12.3. The van der Waals surface area contributed by atoms with E-state index in [1.165, 1.54) is 0 Å². The number of benzene rings is 1. The third-order valence-corrected chi connectivity index (χ3v) is 4.78. The number of methoxy groups -OCH3 is 1. The van der Waals surface area contributed by atoms with Crippen LogP contribution < -0.4 is 15.8 Å². The lowest BCUT2D eigenvalue weighted by Gasteiger charge is -2.34. The maximum absolute atomic E-state index is 12.6. The molecule has 2 rings (SSSR count). The van der Waals surface area contributed by atoms with Crippen LogP contribution in [0.3, 0.4) is 0 Å². The zero-order valence-electron chi connectivity index (χ0n) is 15.5. The summed E-state index contributed by atoms with van der Waals surface area (Å²) in [6.45, 7) is 4.71. The topological polar surface area (TPSA) is 102 Å². The fraction of sp³-hybridized carbons (Fsp3) is 0.526. The van der Waals surface area contributed by atoms with E-state index in [1.54, 1.807) is 36.3 Å². The minimum absolute atomic E-state index is 0.0614. The minimum atomic E-state index is -0.707. The van der Waals surface area contributed by atoms with Crippen LogP contribution in [0, 0.1) is 11.8 Å². The molecular formula is C19H27N3O4. The van der Waals surface area contributed by atoms with Gasteiger partial charge in [-0.3, -0.25) is 9.59 Å². The monoisotopic (exact) mass is 361 g/mol. The van der Waals surface area contributed by atoms with E-state index in [-0.39, 0.29) is 23.5 Å². The summed E-state index contributed by atoms with van der Waals surface area (Å²) >= 11 is 0.